The van der Waals surface area contributed by atoms with Crippen molar-refractivity contribution in [3.63, 3.8) is 0 Å². The molecule has 0 saturated carbocycles. The van der Waals surface area contributed by atoms with E-state index >= 15 is 0 Å². The normalized spacial score (nSPS) is 20.2. The summed E-state index contributed by atoms with van der Waals surface area (Å²) in [4.78, 5) is 19.7. The van der Waals surface area contributed by atoms with E-state index in [0.29, 0.717) is 47.3 Å². The summed E-state index contributed by atoms with van der Waals surface area (Å²) in [6.45, 7) is 4.25. The molecule has 44 heavy (non-hydrogen) atoms. The van der Waals surface area contributed by atoms with Gasteiger partial charge in [0.25, 0.3) is 0 Å². The molecule has 0 amide bonds. The lowest BCUT2D eigenvalue weighted by Gasteiger charge is -2.35. The number of carbonyl (C=O) groups is 1. The number of piperidine rings is 1. The summed E-state index contributed by atoms with van der Waals surface area (Å²) in [5, 5.41) is 10.6. The molecule has 7 rings (SSSR count). The SMILES string of the molecule is COC(=O)c1cc(C#N)c2nc(CN3CCC(c4cccc5c4OC[C@@H](c4ccc(Cl)cc4)O5)CC3)n(C[C@@H]3CCO3)c2c1. The van der Waals surface area contributed by atoms with E-state index in [4.69, 9.17) is 35.5 Å². The van der Waals surface area contributed by atoms with Gasteiger partial charge in [-0.3, -0.25) is 4.90 Å². The number of carbonyl (C=O) groups excluding carboxylic acids is 1. The first kappa shape index (κ1) is 28.7. The quantitative estimate of drug-likeness (QED) is 0.233. The van der Waals surface area contributed by atoms with Gasteiger partial charge in [0.2, 0.25) is 0 Å². The topological polar surface area (TPSA) is 98.8 Å². The van der Waals surface area contributed by atoms with Crippen molar-refractivity contribution in [1.82, 2.24) is 14.5 Å². The van der Waals surface area contributed by atoms with Gasteiger partial charge in [-0.1, -0.05) is 35.9 Å². The molecule has 0 N–H and O–H groups in total. The zero-order valence-electron chi connectivity index (χ0n) is 24.5. The highest BCUT2D eigenvalue weighted by Crippen LogP contribution is 2.44. The second-order valence-corrected chi connectivity index (χ2v) is 12.0. The number of hydrogen-bond donors (Lipinski definition) is 0. The highest BCUT2D eigenvalue weighted by Gasteiger charge is 2.31. The molecule has 226 valence electrons. The number of esters is 1. The maximum absolute atomic E-state index is 12.4. The maximum Gasteiger partial charge on any atom is 0.337 e. The number of nitrogens with zero attached hydrogens (tertiary/aromatic N) is 4. The lowest BCUT2D eigenvalue weighted by Crippen LogP contribution is -2.35. The van der Waals surface area contributed by atoms with Crippen LogP contribution in [0.1, 0.15) is 64.2 Å². The Bertz CT molecular complexity index is 1740. The zero-order valence-corrected chi connectivity index (χ0v) is 25.3. The van der Waals surface area contributed by atoms with E-state index in [9.17, 15) is 10.1 Å². The van der Waals surface area contributed by atoms with E-state index in [0.717, 1.165) is 67.4 Å². The molecule has 2 fully saturated rings. The summed E-state index contributed by atoms with van der Waals surface area (Å²) < 4.78 is 25.5. The zero-order chi connectivity index (χ0) is 30.2. The highest BCUT2D eigenvalue weighted by atomic mass is 35.5. The third-order valence-electron chi connectivity index (χ3n) is 8.95. The highest BCUT2D eigenvalue weighted by molar-refractivity contribution is 6.30. The molecule has 1 aromatic heterocycles. The van der Waals surface area contributed by atoms with Gasteiger partial charge in [-0.15, -0.1) is 0 Å². The van der Waals surface area contributed by atoms with Crippen LogP contribution in [0.25, 0.3) is 11.0 Å². The molecule has 9 nitrogen and oxygen atoms in total. The van der Waals surface area contributed by atoms with E-state index < -0.39 is 5.97 Å². The molecule has 10 heteroatoms. The van der Waals surface area contributed by atoms with Gasteiger partial charge in [-0.25, -0.2) is 9.78 Å². The van der Waals surface area contributed by atoms with Crippen molar-refractivity contribution in [1.29, 1.82) is 5.26 Å². The molecule has 4 heterocycles. The summed E-state index contributed by atoms with van der Waals surface area (Å²) in [7, 11) is 1.34. The van der Waals surface area contributed by atoms with E-state index in [1.807, 2.05) is 36.4 Å². The number of halogens is 1. The van der Waals surface area contributed by atoms with Crippen LogP contribution in [0.2, 0.25) is 5.02 Å². The molecular weight excluding hydrogens is 580 g/mol. The molecule has 0 spiro atoms. The van der Waals surface area contributed by atoms with Crippen molar-refractivity contribution in [2.75, 3.05) is 33.4 Å². The van der Waals surface area contributed by atoms with Gasteiger partial charge in [0.15, 0.2) is 17.6 Å². The number of aromatic nitrogens is 2. The fourth-order valence-corrected chi connectivity index (χ4v) is 6.57. The second-order valence-electron chi connectivity index (χ2n) is 11.6. The van der Waals surface area contributed by atoms with Crippen molar-refractivity contribution in [2.24, 2.45) is 0 Å². The monoisotopic (exact) mass is 612 g/mol. The molecule has 2 atom stereocenters. The summed E-state index contributed by atoms with van der Waals surface area (Å²) in [5.74, 6) is 2.38. The van der Waals surface area contributed by atoms with E-state index in [2.05, 4.69) is 21.6 Å². The molecular formula is C34H33ClN4O5. The van der Waals surface area contributed by atoms with Crippen LogP contribution in [0, 0.1) is 11.3 Å². The van der Waals surface area contributed by atoms with Gasteiger partial charge >= 0.3 is 5.97 Å². The predicted octanol–water partition coefficient (Wildman–Crippen LogP) is 6.03. The first-order valence-electron chi connectivity index (χ1n) is 15.0. The van der Waals surface area contributed by atoms with Crippen LogP contribution in [0.5, 0.6) is 11.5 Å². The minimum absolute atomic E-state index is 0.0926. The van der Waals surface area contributed by atoms with E-state index in [1.54, 1.807) is 12.1 Å². The fraction of sp³-hybridized carbons (Fsp3) is 0.382. The Morgan fingerprint density at radius 3 is 2.64 bits per heavy atom. The first-order valence-corrected chi connectivity index (χ1v) is 15.4. The van der Waals surface area contributed by atoms with Gasteiger partial charge in [0.05, 0.1) is 42.9 Å². The number of fused-ring (bicyclic) bond motifs is 2. The van der Waals surface area contributed by atoms with Crippen LogP contribution in [-0.2, 0) is 22.6 Å². The predicted molar refractivity (Wildman–Crippen MR) is 164 cm³/mol. The number of rotatable bonds is 7. The van der Waals surface area contributed by atoms with Crippen molar-refractivity contribution < 1.29 is 23.7 Å². The fourth-order valence-electron chi connectivity index (χ4n) is 6.44. The van der Waals surface area contributed by atoms with Crippen molar-refractivity contribution in [3.05, 3.63) is 87.7 Å². The van der Waals surface area contributed by atoms with Crippen molar-refractivity contribution >= 4 is 28.6 Å². The van der Waals surface area contributed by atoms with Crippen LogP contribution in [0.15, 0.2) is 54.6 Å². The number of nitriles is 1. The van der Waals surface area contributed by atoms with Crippen LogP contribution < -0.4 is 9.47 Å². The average Bonchev–Trinajstić information content (AvgIpc) is 3.38. The number of ether oxygens (including phenoxy) is 4. The number of likely N-dealkylation sites (tertiary alicyclic amines) is 1. The minimum atomic E-state index is -0.474. The van der Waals surface area contributed by atoms with Crippen LogP contribution in [0.4, 0.5) is 0 Å². The van der Waals surface area contributed by atoms with Gasteiger partial charge < -0.3 is 23.5 Å². The van der Waals surface area contributed by atoms with Crippen molar-refractivity contribution in [3.8, 4) is 17.6 Å². The molecule has 4 aromatic rings. The lowest BCUT2D eigenvalue weighted by atomic mass is 9.88. The largest absolute Gasteiger partial charge is 0.485 e. The van der Waals surface area contributed by atoms with Crippen molar-refractivity contribution in [2.45, 2.75) is 50.5 Å². The summed E-state index contributed by atoms with van der Waals surface area (Å²) in [6.07, 6.45) is 2.84. The Hall–Kier alpha value is -4.10. The van der Waals surface area contributed by atoms with Gasteiger partial charge in [-0.05, 0) is 74.2 Å². The standard InChI is InChI=1S/C34H33ClN4O5/c1-41-34(40)23-15-24(17-36)32-28(16-23)39(18-26-11-14-42-26)31(37-32)19-38-12-9-21(10-13-38)27-3-2-4-29-33(27)43-20-30(44-29)22-5-7-25(35)8-6-22/h2-8,15-16,21,26,30H,9-14,18-20H2,1H3/t26-,30-/m0/s1. The molecule has 3 aliphatic rings. The molecule has 3 aromatic carbocycles. The van der Waals surface area contributed by atoms with E-state index in [-0.39, 0.29) is 12.2 Å². The average molecular weight is 613 g/mol. The number of methoxy groups -OCH3 is 1. The third-order valence-corrected chi connectivity index (χ3v) is 9.20. The lowest BCUT2D eigenvalue weighted by molar-refractivity contribution is -0.0592. The number of benzene rings is 3. The molecule has 3 aliphatic heterocycles. The molecule has 0 aliphatic carbocycles. The molecule has 0 radical (unpaired) electrons. The molecule has 0 bridgehead atoms. The van der Waals surface area contributed by atoms with Crippen LogP contribution >= 0.6 is 11.6 Å². The summed E-state index contributed by atoms with van der Waals surface area (Å²) >= 11 is 6.07. The number of hydrogen-bond acceptors (Lipinski definition) is 8. The summed E-state index contributed by atoms with van der Waals surface area (Å²) in [6, 6.07) is 19.5. The maximum atomic E-state index is 12.4. The van der Waals surface area contributed by atoms with Crippen LogP contribution in [0.3, 0.4) is 0 Å². The first-order chi connectivity index (χ1) is 21.5. The smallest absolute Gasteiger partial charge is 0.337 e. The Balaban J connectivity index is 1.08. The Morgan fingerprint density at radius 1 is 1.14 bits per heavy atom. The second kappa shape index (κ2) is 12.1. The van der Waals surface area contributed by atoms with Gasteiger partial charge in [-0.2, -0.15) is 5.26 Å². The van der Waals surface area contributed by atoms with Gasteiger partial charge in [0, 0.05) is 17.2 Å². The third kappa shape index (κ3) is 5.50. The summed E-state index contributed by atoms with van der Waals surface area (Å²) in [5.41, 5.74) is 4.31. The minimum Gasteiger partial charge on any atom is -0.485 e. The number of para-hydroxylation sites is 1. The van der Waals surface area contributed by atoms with Gasteiger partial charge in [0.1, 0.15) is 24.0 Å². The Labute approximate surface area is 260 Å². The molecule has 0 unspecified atom stereocenters. The van der Waals surface area contributed by atoms with E-state index in [1.165, 1.54) is 12.7 Å². The number of imidazole rings is 1. The van der Waals surface area contributed by atoms with Crippen LogP contribution in [-0.4, -0.2) is 59.9 Å². The molecule has 2 saturated heterocycles. The Kier molecular flexibility index (Phi) is 7.89. The Morgan fingerprint density at radius 2 is 1.93 bits per heavy atom.